The Balaban J connectivity index is 2.85. The van der Waals surface area contributed by atoms with Crippen molar-refractivity contribution in [1.82, 2.24) is 4.90 Å². The molecule has 0 aromatic heterocycles. The minimum Gasteiger partial charge on any atom is -0.480 e. The lowest BCUT2D eigenvalue weighted by atomic mass is 10.4. The summed E-state index contributed by atoms with van der Waals surface area (Å²) in [6, 6.07) is 0. The largest absolute Gasteiger partial charge is 0.480 e. The van der Waals surface area contributed by atoms with E-state index in [0.717, 1.165) is 16.7 Å². The van der Waals surface area contributed by atoms with E-state index in [9.17, 15) is 9.59 Å². The minimum atomic E-state index is -1.08. The first-order chi connectivity index (χ1) is 6.56. The predicted octanol–water partition coefficient (Wildman–Crippen LogP) is 1.00. The van der Waals surface area contributed by atoms with E-state index in [1.807, 2.05) is 0 Å². The number of thioether (sulfide) groups is 1. The zero-order chi connectivity index (χ0) is 10.7. The fraction of sp³-hybridized carbons (Fsp3) is 0.125. The molecule has 1 amide bonds. The van der Waals surface area contributed by atoms with Crippen LogP contribution in [0.25, 0.3) is 0 Å². The molecule has 0 radical (unpaired) electrons. The highest BCUT2D eigenvalue weighted by molar-refractivity contribution is 8.26. The Morgan fingerprint density at radius 2 is 2.36 bits per heavy atom. The molecule has 4 nitrogen and oxygen atoms in total. The third-order valence-corrected chi connectivity index (χ3v) is 2.83. The number of thiocarbonyl (C=S) groups is 1. The van der Waals surface area contributed by atoms with Crippen LogP contribution >= 0.6 is 24.0 Å². The molecule has 1 aliphatic rings. The number of carbonyl (C=O) groups is 2. The highest BCUT2D eigenvalue weighted by Crippen LogP contribution is 2.30. The van der Waals surface area contributed by atoms with E-state index in [0.29, 0.717) is 4.91 Å². The third-order valence-electron chi connectivity index (χ3n) is 1.44. The summed E-state index contributed by atoms with van der Waals surface area (Å²) < 4.78 is 0.269. The summed E-state index contributed by atoms with van der Waals surface area (Å²) >= 11 is 5.94. The highest BCUT2D eigenvalue weighted by atomic mass is 32.2. The van der Waals surface area contributed by atoms with Crippen molar-refractivity contribution in [3.8, 4) is 0 Å². The van der Waals surface area contributed by atoms with Gasteiger partial charge in [0.05, 0.1) is 4.91 Å². The average Bonchev–Trinajstić information content (AvgIpc) is 2.33. The lowest BCUT2D eigenvalue weighted by Crippen LogP contribution is -2.33. The summed E-state index contributed by atoms with van der Waals surface area (Å²) in [4.78, 5) is 23.3. The molecule has 14 heavy (non-hydrogen) atoms. The molecule has 1 N–H and O–H groups in total. The van der Waals surface area contributed by atoms with Gasteiger partial charge in [-0.25, -0.2) is 0 Å². The van der Waals surface area contributed by atoms with Crippen LogP contribution in [0, 0.1) is 0 Å². The SMILES string of the molecule is C=C/C=C1\SC(=S)N(CC(=O)O)C1=O. The molecule has 0 atom stereocenters. The number of hydrogen-bond acceptors (Lipinski definition) is 4. The molecule has 1 rings (SSSR count). The number of carboxylic acid groups (broad SMARTS) is 1. The maximum atomic E-state index is 11.5. The Hall–Kier alpha value is -1.14. The van der Waals surface area contributed by atoms with Gasteiger partial charge in [-0.3, -0.25) is 14.5 Å². The van der Waals surface area contributed by atoms with Gasteiger partial charge in [0.1, 0.15) is 10.9 Å². The van der Waals surface area contributed by atoms with Gasteiger partial charge in [-0.05, 0) is 6.08 Å². The Kier molecular flexibility index (Phi) is 3.43. The van der Waals surface area contributed by atoms with Gasteiger partial charge in [-0.1, -0.05) is 36.6 Å². The van der Waals surface area contributed by atoms with Gasteiger partial charge in [0.2, 0.25) is 0 Å². The molecular weight excluding hydrogens is 222 g/mol. The second-order valence-corrected chi connectivity index (χ2v) is 4.10. The summed E-state index contributed by atoms with van der Waals surface area (Å²) in [6.45, 7) is 3.06. The normalized spacial score (nSPS) is 19.1. The van der Waals surface area contributed by atoms with E-state index in [1.54, 1.807) is 0 Å². The van der Waals surface area contributed by atoms with Gasteiger partial charge < -0.3 is 5.11 Å². The van der Waals surface area contributed by atoms with Gasteiger partial charge in [-0.2, -0.15) is 0 Å². The quantitative estimate of drug-likeness (QED) is 0.578. The molecular formula is C8H7NO3S2. The summed E-state index contributed by atoms with van der Waals surface area (Å²) in [5.41, 5.74) is 0. The van der Waals surface area contributed by atoms with Crippen molar-refractivity contribution >= 4 is 40.2 Å². The van der Waals surface area contributed by atoms with Crippen LogP contribution in [0.3, 0.4) is 0 Å². The van der Waals surface area contributed by atoms with Crippen molar-refractivity contribution < 1.29 is 14.7 Å². The number of hydrogen-bond donors (Lipinski definition) is 1. The molecule has 0 unspecified atom stereocenters. The summed E-state index contributed by atoms with van der Waals surface area (Å²) in [5, 5.41) is 8.52. The first kappa shape index (κ1) is 10.9. The molecule has 1 heterocycles. The third kappa shape index (κ3) is 2.21. The van der Waals surface area contributed by atoms with Crippen LogP contribution in [-0.2, 0) is 9.59 Å². The van der Waals surface area contributed by atoms with Gasteiger partial charge in [-0.15, -0.1) is 0 Å². The smallest absolute Gasteiger partial charge is 0.323 e. The van der Waals surface area contributed by atoms with Crippen LogP contribution in [0.4, 0.5) is 0 Å². The van der Waals surface area contributed by atoms with Crippen molar-refractivity contribution in [2.24, 2.45) is 0 Å². The van der Waals surface area contributed by atoms with Gasteiger partial charge in [0.25, 0.3) is 5.91 Å². The second kappa shape index (κ2) is 4.39. The van der Waals surface area contributed by atoms with Crippen LogP contribution in [0.15, 0.2) is 23.6 Å². The van der Waals surface area contributed by atoms with E-state index >= 15 is 0 Å². The first-order valence-electron chi connectivity index (χ1n) is 3.64. The Morgan fingerprint density at radius 1 is 1.71 bits per heavy atom. The number of aliphatic carboxylic acids is 1. The van der Waals surface area contributed by atoms with E-state index in [-0.39, 0.29) is 16.8 Å². The van der Waals surface area contributed by atoms with Crippen LogP contribution in [0.2, 0.25) is 0 Å². The Bertz CT molecular complexity index is 348. The van der Waals surface area contributed by atoms with Crippen molar-refractivity contribution in [3.05, 3.63) is 23.6 Å². The van der Waals surface area contributed by atoms with E-state index in [4.69, 9.17) is 17.3 Å². The Morgan fingerprint density at radius 3 is 2.86 bits per heavy atom. The molecule has 0 bridgehead atoms. The summed E-state index contributed by atoms with van der Waals surface area (Å²) in [7, 11) is 0. The van der Waals surface area contributed by atoms with Crippen molar-refractivity contribution in [2.75, 3.05) is 6.54 Å². The summed E-state index contributed by atoms with van der Waals surface area (Å²) in [6.07, 6.45) is 2.98. The summed E-state index contributed by atoms with van der Waals surface area (Å²) in [5.74, 6) is -1.46. The number of carbonyl (C=O) groups excluding carboxylic acids is 1. The van der Waals surface area contributed by atoms with Crippen LogP contribution < -0.4 is 0 Å². The van der Waals surface area contributed by atoms with Crippen LogP contribution in [0.5, 0.6) is 0 Å². The maximum Gasteiger partial charge on any atom is 0.323 e. The second-order valence-electron chi connectivity index (χ2n) is 2.42. The monoisotopic (exact) mass is 229 g/mol. The maximum absolute atomic E-state index is 11.5. The topological polar surface area (TPSA) is 57.6 Å². The molecule has 1 aliphatic heterocycles. The first-order valence-corrected chi connectivity index (χ1v) is 4.87. The van der Waals surface area contributed by atoms with Crippen molar-refractivity contribution in [2.45, 2.75) is 0 Å². The van der Waals surface area contributed by atoms with E-state index in [1.165, 1.54) is 12.2 Å². The number of carboxylic acids is 1. The standard InChI is InChI=1S/C8H7NO3S2/c1-2-3-5-7(12)9(4-6(10)11)8(13)14-5/h2-3H,1,4H2,(H,10,11)/b5-3-. The molecule has 0 spiro atoms. The van der Waals surface area contributed by atoms with E-state index < -0.39 is 5.97 Å². The Labute approximate surface area is 90.3 Å². The molecule has 1 fully saturated rings. The predicted molar refractivity (Wildman–Crippen MR) is 57.8 cm³/mol. The van der Waals surface area contributed by atoms with Crippen molar-refractivity contribution in [3.63, 3.8) is 0 Å². The zero-order valence-corrected chi connectivity index (χ0v) is 8.73. The highest BCUT2D eigenvalue weighted by Gasteiger charge is 2.32. The number of nitrogens with zero attached hydrogens (tertiary/aromatic N) is 1. The van der Waals surface area contributed by atoms with Gasteiger partial charge in [0.15, 0.2) is 0 Å². The molecule has 0 aliphatic carbocycles. The zero-order valence-electron chi connectivity index (χ0n) is 7.10. The fourth-order valence-corrected chi connectivity index (χ4v) is 2.12. The van der Waals surface area contributed by atoms with Crippen molar-refractivity contribution in [1.29, 1.82) is 0 Å². The fourth-order valence-electron chi connectivity index (χ4n) is 0.893. The van der Waals surface area contributed by atoms with Gasteiger partial charge in [0, 0.05) is 0 Å². The average molecular weight is 229 g/mol. The molecule has 74 valence electrons. The number of amides is 1. The van der Waals surface area contributed by atoms with E-state index in [2.05, 4.69) is 6.58 Å². The lowest BCUT2D eigenvalue weighted by molar-refractivity contribution is -0.140. The minimum absolute atomic E-state index is 0.269. The number of allylic oxidation sites excluding steroid dienone is 2. The molecule has 0 aromatic rings. The van der Waals surface area contributed by atoms with Crippen LogP contribution in [-0.4, -0.2) is 32.7 Å². The molecule has 0 saturated carbocycles. The molecule has 1 saturated heterocycles. The van der Waals surface area contributed by atoms with Gasteiger partial charge >= 0.3 is 5.97 Å². The number of rotatable bonds is 3. The van der Waals surface area contributed by atoms with Crippen LogP contribution in [0.1, 0.15) is 0 Å². The molecule has 6 heteroatoms. The lowest BCUT2D eigenvalue weighted by Gasteiger charge is -2.09. The molecule has 0 aromatic carbocycles.